The quantitative estimate of drug-likeness (QED) is 0.745. The molecule has 7 nitrogen and oxygen atoms in total. The highest BCUT2D eigenvalue weighted by Gasteiger charge is 2.31. The Morgan fingerprint density at radius 1 is 1.38 bits per heavy atom. The van der Waals surface area contributed by atoms with Crippen molar-refractivity contribution in [3.63, 3.8) is 0 Å². The number of hydrogen-bond donors (Lipinski definition) is 2. The van der Waals surface area contributed by atoms with Gasteiger partial charge in [-0.25, -0.2) is 4.79 Å². The number of carbonyl (C=O) groups is 1. The van der Waals surface area contributed by atoms with Crippen LogP contribution in [0, 0.1) is 6.92 Å². The lowest BCUT2D eigenvalue weighted by molar-refractivity contribution is -0.122. The van der Waals surface area contributed by atoms with E-state index >= 15 is 0 Å². The number of aryl methyl sites for hydroxylation is 2. The lowest BCUT2D eigenvalue weighted by Gasteiger charge is -2.33. The number of methoxy groups -OCH3 is 1. The summed E-state index contributed by atoms with van der Waals surface area (Å²) in [6, 6.07) is 1.82. The van der Waals surface area contributed by atoms with Gasteiger partial charge in [0.25, 0.3) is 0 Å². The van der Waals surface area contributed by atoms with Crippen molar-refractivity contribution in [2.24, 2.45) is 0 Å². The monoisotopic (exact) mass is 403 g/mol. The van der Waals surface area contributed by atoms with Gasteiger partial charge >= 0.3 is 5.63 Å². The third-order valence-electron chi connectivity index (χ3n) is 5.37. The number of aliphatic hydroxyl groups is 1. The largest absolute Gasteiger partial charge is 0.496 e. The Kier molecular flexibility index (Phi) is 5.38. The van der Waals surface area contributed by atoms with E-state index in [0.717, 1.165) is 18.4 Å². The maximum Gasteiger partial charge on any atom is 0.340 e. The molecule has 29 heavy (non-hydrogen) atoms. The van der Waals surface area contributed by atoms with E-state index in [1.165, 1.54) is 0 Å². The predicted molar refractivity (Wildman–Crippen MR) is 110 cm³/mol. The van der Waals surface area contributed by atoms with E-state index < -0.39 is 11.2 Å². The number of ether oxygens (including phenoxy) is 2. The highest BCUT2D eigenvalue weighted by Crippen LogP contribution is 2.43. The molecule has 7 heteroatoms. The van der Waals surface area contributed by atoms with Crippen LogP contribution in [0.15, 0.2) is 15.3 Å². The summed E-state index contributed by atoms with van der Waals surface area (Å²) in [4.78, 5) is 25.2. The molecule has 0 atom stereocenters. The van der Waals surface area contributed by atoms with Gasteiger partial charge in [0.05, 0.1) is 36.6 Å². The van der Waals surface area contributed by atoms with Crippen molar-refractivity contribution in [1.82, 2.24) is 5.32 Å². The number of amides is 1. The topological polar surface area (TPSA) is 98.0 Å². The van der Waals surface area contributed by atoms with Gasteiger partial charge in [0.2, 0.25) is 5.91 Å². The first-order valence-electron chi connectivity index (χ1n) is 9.75. The summed E-state index contributed by atoms with van der Waals surface area (Å²) in [5.41, 5.74) is 0.598. The zero-order valence-electron chi connectivity index (χ0n) is 17.9. The average molecular weight is 403 g/mol. The van der Waals surface area contributed by atoms with Gasteiger partial charge in [-0.1, -0.05) is 0 Å². The fourth-order valence-electron chi connectivity index (χ4n) is 3.67. The second-order valence-electron chi connectivity index (χ2n) is 8.88. The van der Waals surface area contributed by atoms with Crippen molar-refractivity contribution in [3.05, 3.63) is 33.2 Å². The van der Waals surface area contributed by atoms with E-state index in [-0.39, 0.29) is 30.1 Å². The van der Waals surface area contributed by atoms with Gasteiger partial charge in [0.1, 0.15) is 22.7 Å². The molecule has 2 aromatic rings. The Balaban J connectivity index is 2.12. The summed E-state index contributed by atoms with van der Waals surface area (Å²) < 4.78 is 17.3. The molecular formula is C22H29NO6. The van der Waals surface area contributed by atoms with Crippen LogP contribution in [0.1, 0.15) is 50.8 Å². The maximum absolute atomic E-state index is 12.8. The van der Waals surface area contributed by atoms with Gasteiger partial charge in [-0.3, -0.25) is 4.79 Å². The Labute approximate surface area is 170 Å². The van der Waals surface area contributed by atoms with Gasteiger partial charge in [-0.2, -0.15) is 0 Å². The number of fused-ring (bicyclic) bond motifs is 3. The Hall–Kier alpha value is -2.54. The smallest absolute Gasteiger partial charge is 0.340 e. The van der Waals surface area contributed by atoms with Crippen LogP contribution in [0.4, 0.5) is 0 Å². The normalized spacial score (nSPS) is 15.6. The van der Waals surface area contributed by atoms with Gasteiger partial charge in [0, 0.05) is 11.6 Å². The van der Waals surface area contributed by atoms with Crippen molar-refractivity contribution in [2.75, 3.05) is 13.7 Å². The SMILES string of the molecule is COc1cc2c(c3oc(=O)c(CC(=O)NC(C)(C)CO)c(C)c13)CCC(C)(C)O2. The van der Waals surface area contributed by atoms with Crippen LogP contribution in [-0.4, -0.2) is 35.9 Å². The summed E-state index contributed by atoms with van der Waals surface area (Å²) in [7, 11) is 1.55. The molecule has 0 aliphatic carbocycles. The molecule has 1 aliphatic heterocycles. The molecule has 0 radical (unpaired) electrons. The molecule has 0 spiro atoms. The first-order valence-corrected chi connectivity index (χ1v) is 9.75. The molecule has 0 unspecified atom stereocenters. The van der Waals surface area contributed by atoms with Crippen molar-refractivity contribution >= 4 is 16.9 Å². The van der Waals surface area contributed by atoms with E-state index in [0.29, 0.717) is 28.0 Å². The van der Waals surface area contributed by atoms with Gasteiger partial charge < -0.3 is 24.3 Å². The number of rotatable bonds is 5. The fraction of sp³-hybridized carbons (Fsp3) is 0.545. The highest BCUT2D eigenvalue weighted by molar-refractivity contribution is 5.93. The molecule has 1 amide bonds. The standard InChI is InChI=1S/C22H29NO6/c1-12-14(9-17(25)23-21(2,3)11-24)20(26)28-19-13-7-8-22(4,5)29-15(13)10-16(27-6)18(12)19/h10,24H,7-9,11H2,1-6H3,(H,23,25). The molecule has 2 N–H and O–H groups in total. The van der Waals surface area contributed by atoms with E-state index in [9.17, 15) is 14.7 Å². The summed E-state index contributed by atoms with van der Waals surface area (Å²) in [6.45, 7) is 9.03. The summed E-state index contributed by atoms with van der Waals surface area (Å²) in [5, 5.41) is 12.8. The first-order chi connectivity index (χ1) is 13.5. The number of aliphatic hydroxyl groups excluding tert-OH is 1. The molecule has 2 heterocycles. The minimum atomic E-state index is -0.775. The third-order valence-corrected chi connectivity index (χ3v) is 5.37. The molecule has 158 valence electrons. The number of nitrogens with one attached hydrogen (secondary N) is 1. The zero-order chi connectivity index (χ0) is 21.6. The second-order valence-corrected chi connectivity index (χ2v) is 8.88. The maximum atomic E-state index is 12.8. The minimum Gasteiger partial charge on any atom is -0.496 e. The van der Waals surface area contributed by atoms with E-state index in [1.54, 1.807) is 27.9 Å². The van der Waals surface area contributed by atoms with E-state index in [2.05, 4.69) is 5.32 Å². The predicted octanol–water partition coefficient (Wildman–Crippen LogP) is 2.64. The average Bonchev–Trinajstić information content (AvgIpc) is 2.62. The van der Waals surface area contributed by atoms with Gasteiger partial charge in [0.15, 0.2) is 0 Å². The van der Waals surface area contributed by atoms with Crippen LogP contribution >= 0.6 is 0 Å². The summed E-state index contributed by atoms with van der Waals surface area (Å²) in [5.74, 6) is 0.833. The number of hydrogen-bond acceptors (Lipinski definition) is 6. The van der Waals surface area contributed by atoms with Crippen molar-refractivity contribution in [3.8, 4) is 11.5 Å². The molecule has 0 fully saturated rings. The molecule has 3 rings (SSSR count). The highest BCUT2D eigenvalue weighted by atomic mass is 16.5. The Morgan fingerprint density at radius 3 is 2.69 bits per heavy atom. The molecule has 0 saturated carbocycles. The second kappa shape index (κ2) is 7.37. The van der Waals surface area contributed by atoms with Crippen molar-refractivity contribution in [1.29, 1.82) is 0 Å². The van der Waals surface area contributed by atoms with Crippen LogP contribution in [-0.2, 0) is 17.6 Å². The molecule has 1 aromatic carbocycles. The van der Waals surface area contributed by atoms with E-state index in [1.807, 2.05) is 19.9 Å². The molecule has 0 saturated heterocycles. The van der Waals surface area contributed by atoms with Crippen molar-refractivity contribution in [2.45, 2.75) is 65.0 Å². The van der Waals surface area contributed by atoms with Gasteiger partial charge in [-0.15, -0.1) is 0 Å². The third kappa shape index (κ3) is 4.10. The van der Waals surface area contributed by atoms with Gasteiger partial charge in [-0.05, 0) is 53.0 Å². The lowest BCUT2D eigenvalue weighted by atomic mass is 9.91. The first kappa shape index (κ1) is 21.2. The number of benzene rings is 1. The summed E-state index contributed by atoms with van der Waals surface area (Å²) in [6.07, 6.45) is 1.37. The molecule has 0 bridgehead atoms. The molecule has 1 aromatic heterocycles. The summed E-state index contributed by atoms with van der Waals surface area (Å²) >= 11 is 0. The fourth-order valence-corrected chi connectivity index (χ4v) is 3.67. The zero-order valence-corrected chi connectivity index (χ0v) is 17.9. The number of carbonyl (C=O) groups excluding carboxylic acids is 1. The van der Waals surface area contributed by atoms with Crippen molar-refractivity contribution < 1.29 is 23.8 Å². The van der Waals surface area contributed by atoms with Crippen LogP contribution in [0.3, 0.4) is 0 Å². The van der Waals surface area contributed by atoms with Crippen LogP contribution in [0.5, 0.6) is 11.5 Å². The van der Waals surface area contributed by atoms with Crippen LogP contribution < -0.4 is 20.4 Å². The Morgan fingerprint density at radius 2 is 2.07 bits per heavy atom. The molecule has 1 aliphatic rings. The minimum absolute atomic E-state index is 0.142. The Bertz CT molecular complexity index is 1020. The lowest BCUT2D eigenvalue weighted by Crippen LogP contribution is -2.47. The van der Waals surface area contributed by atoms with Crippen LogP contribution in [0.25, 0.3) is 11.0 Å². The molecular weight excluding hydrogens is 374 g/mol. The van der Waals surface area contributed by atoms with E-state index in [4.69, 9.17) is 13.9 Å². The van der Waals surface area contributed by atoms with Crippen LogP contribution in [0.2, 0.25) is 0 Å².